The zero-order valence-corrected chi connectivity index (χ0v) is 12.5. The highest BCUT2D eigenvalue weighted by Gasteiger charge is 2.02. The summed E-state index contributed by atoms with van der Waals surface area (Å²) in [6, 6.07) is 14.1. The Labute approximate surface area is 129 Å². The zero-order valence-electron chi connectivity index (χ0n) is 12.5. The summed E-state index contributed by atoms with van der Waals surface area (Å²) in [6.45, 7) is 3.92. The van der Waals surface area contributed by atoms with Crippen molar-refractivity contribution in [1.29, 1.82) is 0 Å². The van der Waals surface area contributed by atoms with Gasteiger partial charge in [0, 0.05) is 11.4 Å². The minimum absolute atomic E-state index is 0.456. The molecule has 2 rings (SSSR count). The third-order valence-corrected chi connectivity index (χ3v) is 2.92. The summed E-state index contributed by atoms with van der Waals surface area (Å²) in [5.41, 5.74) is 3.48. The number of anilines is 2. The first-order chi connectivity index (χ1) is 10.5. The maximum Gasteiger partial charge on any atom is 0.345 e. The van der Waals surface area contributed by atoms with Gasteiger partial charge in [0.25, 0.3) is 5.91 Å². The Morgan fingerprint density at radius 2 is 1.27 bits per heavy atom. The van der Waals surface area contributed by atoms with E-state index in [4.69, 9.17) is 0 Å². The predicted octanol–water partition coefficient (Wildman–Crippen LogP) is 3.54. The number of hydrogen-bond acceptors (Lipinski definition) is 2. The summed E-state index contributed by atoms with van der Waals surface area (Å²) < 4.78 is 0. The summed E-state index contributed by atoms with van der Waals surface area (Å²) in [6.07, 6.45) is 0.962. The smallest absolute Gasteiger partial charge is 0.321 e. The molecular weight excluding hydrogens is 278 g/mol. The highest BCUT2D eigenvalue weighted by molar-refractivity contribution is 6.33. The van der Waals surface area contributed by atoms with Crippen molar-refractivity contribution in [2.45, 2.75) is 13.8 Å². The van der Waals surface area contributed by atoms with E-state index in [0.717, 1.165) is 17.3 Å². The Bertz CT molecular complexity index is 627. The van der Waals surface area contributed by atoms with Gasteiger partial charge in [-0.2, -0.15) is 4.99 Å². The van der Waals surface area contributed by atoms with Gasteiger partial charge in [-0.25, -0.2) is 4.79 Å². The van der Waals surface area contributed by atoms with Gasteiger partial charge in [0.1, 0.15) is 0 Å². The number of carbonyl (C=O) groups excluding carboxylic acids is 2. The summed E-state index contributed by atoms with van der Waals surface area (Å²) >= 11 is 0. The second-order valence-electron chi connectivity index (χ2n) is 4.91. The Hall–Kier alpha value is -2.95. The molecule has 0 aliphatic carbocycles. The fourth-order valence-electron chi connectivity index (χ4n) is 1.72. The van der Waals surface area contributed by atoms with E-state index in [1.807, 2.05) is 38.1 Å². The number of aliphatic imine (C=N–C) groups is 1. The molecular formula is C17H17N3O2. The van der Waals surface area contributed by atoms with E-state index in [-0.39, 0.29) is 0 Å². The Balaban J connectivity index is 1.87. The molecule has 0 aromatic heterocycles. The molecule has 22 heavy (non-hydrogen) atoms. The molecule has 0 atom stereocenters. The summed E-state index contributed by atoms with van der Waals surface area (Å²) in [4.78, 5) is 26.8. The van der Waals surface area contributed by atoms with Crippen LogP contribution in [0.1, 0.15) is 11.1 Å². The van der Waals surface area contributed by atoms with Crippen molar-refractivity contribution in [1.82, 2.24) is 0 Å². The monoisotopic (exact) mass is 295 g/mol. The van der Waals surface area contributed by atoms with Crippen LogP contribution < -0.4 is 10.6 Å². The van der Waals surface area contributed by atoms with Crippen LogP contribution in [0.5, 0.6) is 0 Å². The summed E-state index contributed by atoms with van der Waals surface area (Å²) in [5, 5.41) is 5.21. The van der Waals surface area contributed by atoms with E-state index in [9.17, 15) is 9.59 Å². The maximum absolute atomic E-state index is 11.7. The van der Waals surface area contributed by atoms with Crippen LogP contribution in [0.3, 0.4) is 0 Å². The van der Waals surface area contributed by atoms with Crippen LogP contribution in [-0.4, -0.2) is 18.2 Å². The summed E-state index contributed by atoms with van der Waals surface area (Å²) in [7, 11) is 0. The Morgan fingerprint density at radius 1 is 0.818 bits per heavy atom. The van der Waals surface area contributed by atoms with Gasteiger partial charge in [-0.05, 0) is 38.1 Å². The van der Waals surface area contributed by atoms with Crippen LogP contribution >= 0.6 is 0 Å². The molecule has 0 bridgehead atoms. The van der Waals surface area contributed by atoms with Crippen molar-refractivity contribution >= 4 is 29.5 Å². The van der Waals surface area contributed by atoms with Gasteiger partial charge in [0.2, 0.25) is 0 Å². The lowest BCUT2D eigenvalue weighted by Gasteiger charge is -2.03. The molecule has 0 unspecified atom stereocenters. The van der Waals surface area contributed by atoms with E-state index in [1.165, 1.54) is 0 Å². The van der Waals surface area contributed by atoms with E-state index >= 15 is 0 Å². The number of hydrogen-bond donors (Lipinski definition) is 2. The predicted molar refractivity (Wildman–Crippen MR) is 88.5 cm³/mol. The molecule has 2 aromatic carbocycles. The van der Waals surface area contributed by atoms with Crippen LogP contribution in [0.2, 0.25) is 0 Å². The molecule has 0 saturated carbocycles. The van der Waals surface area contributed by atoms with Gasteiger partial charge in [-0.3, -0.25) is 4.79 Å². The average Bonchev–Trinajstić information content (AvgIpc) is 2.50. The van der Waals surface area contributed by atoms with Crippen LogP contribution in [0, 0.1) is 13.8 Å². The first-order valence-electron chi connectivity index (χ1n) is 6.82. The van der Waals surface area contributed by atoms with Gasteiger partial charge < -0.3 is 10.6 Å². The Kier molecular flexibility index (Phi) is 5.03. The first-order valence-corrected chi connectivity index (χ1v) is 6.82. The number of benzene rings is 2. The number of aryl methyl sites for hydroxylation is 2. The molecule has 3 amide bonds. The van der Waals surface area contributed by atoms with Crippen molar-refractivity contribution in [3.63, 3.8) is 0 Å². The minimum Gasteiger partial charge on any atom is -0.321 e. The highest BCUT2D eigenvalue weighted by atomic mass is 16.2. The van der Waals surface area contributed by atoms with Gasteiger partial charge in [-0.1, -0.05) is 35.4 Å². The number of rotatable bonds is 3. The van der Waals surface area contributed by atoms with Crippen molar-refractivity contribution in [3.8, 4) is 0 Å². The third kappa shape index (κ3) is 4.86. The van der Waals surface area contributed by atoms with E-state index in [1.54, 1.807) is 24.3 Å². The number of amides is 3. The van der Waals surface area contributed by atoms with Crippen molar-refractivity contribution in [3.05, 3.63) is 59.7 Å². The lowest BCUT2D eigenvalue weighted by molar-refractivity contribution is -0.109. The highest BCUT2D eigenvalue weighted by Crippen LogP contribution is 2.09. The van der Waals surface area contributed by atoms with E-state index in [2.05, 4.69) is 15.6 Å². The van der Waals surface area contributed by atoms with Crippen molar-refractivity contribution in [2.24, 2.45) is 4.99 Å². The van der Waals surface area contributed by atoms with Crippen molar-refractivity contribution < 1.29 is 9.59 Å². The second kappa shape index (κ2) is 7.17. The lowest BCUT2D eigenvalue weighted by Crippen LogP contribution is -2.15. The van der Waals surface area contributed by atoms with Crippen LogP contribution in [0.4, 0.5) is 16.2 Å². The molecule has 0 radical (unpaired) electrons. The number of urea groups is 1. The molecule has 2 aromatic rings. The molecule has 0 saturated heterocycles. The molecule has 5 heteroatoms. The van der Waals surface area contributed by atoms with Gasteiger partial charge in [0.15, 0.2) is 0 Å². The molecule has 0 aliphatic rings. The molecule has 0 heterocycles. The number of carbonyl (C=O) groups is 2. The lowest BCUT2D eigenvalue weighted by atomic mass is 10.2. The fraction of sp³-hybridized carbons (Fsp3) is 0.118. The first kappa shape index (κ1) is 15.4. The average molecular weight is 295 g/mol. The molecule has 0 fully saturated rings. The summed E-state index contributed by atoms with van der Waals surface area (Å²) in [5.74, 6) is -0.456. The van der Waals surface area contributed by atoms with E-state index < -0.39 is 11.9 Å². The largest absolute Gasteiger partial charge is 0.345 e. The number of nitrogens with one attached hydrogen (secondary N) is 2. The van der Waals surface area contributed by atoms with Gasteiger partial charge in [0.05, 0.1) is 6.21 Å². The van der Waals surface area contributed by atoms with Crippen LogP contribution in [0.15, 0.2) is 53.5 Å². The quantitative estimate of drug-likeness (QED) is 0.850. The van der Waals surface area contributed by atoms with Gasteiger partial charge >= 0.3 is 6.03 Å². The molecule has 5 nitrogen and oxygen atoms in total. The molecule has 0 spiro atoms. The third-order valence-electron chi connectivity index (χ3n) is 2.92. The SMILES string of the molecule is Cc1ccc(NC(=O)/C=N/C(=O)Nc2ccc(C)cc2)cc1. The molecule has 112 valence electrons. The standard InChI is InChI=1S/C17H17N3O2/c1-12-3-7-14(8-4-12)19-16(21)11-18-17(22)20-15-9-5-13(2)6-10-15/h3-11H,1-2H3,(H,19,21)(H,20,22)/b18-11+. The number of nitrogens with zero attached hydrogens (tertiary/aromatic N) is 1. The maximum atomic E-state index is 11.7. The normalized spacial score (nSPS) is 10.5. The zero-order chi connectivity index (χ0) is 15.9. The van der Waals surface area contributed by atoms with E-state index in [0.29, 0.717) is 11.4 Å². The van der Waals surface area contributed by atoms with Crippen molar-refractivity contribution in [2.75, 3.05) is 10.6 Å². The Morgan fingerprint density at radius 3 is 1.77 bits per heavy atom. The molecule has 0 aliphatic heterocycles. The molecule has 2 N–H and O–H groups in total. The topological polar surface area (TPSA) is 70.6 Å². The van der Waals surface area contributed by atoms with Crippen LogP contribution in [-0.2, 0) is 4.79 Å². The minimum atomic E-state index is -0.595. The van der Waals surface area contributed by atoms with Gasteiger partial charge in [-0.15, -0.1) is 0 Å². The fourth-order valence-corrected chi connectivity index (χ4v) is 1.72. The van der Waals surface area contributed by atoms with Crippen LogP contribution in [0.25, 0.3) is 0 Å². The second-order valence-corrected chi connectivity index (χ2v) is 4.91.